The predicted molar refractivity (Wildman–Crippen MR) is 96.8 cm³/mol. The molecule has 25 heavy (non-hydrogen) atoms. The normalized spacial score (nSPS) is 12.0. The number of benzene rings is 1. The number of anilines is 1. The number of aromatic nitrogens is 3. The predicted octanol–water partition coefficient (Wildman–Crippen LogP) is 3.34. The van der Waals surface area contributed by atoms with Crippen molar-refractivity contribution in [1.29, 1.82) is 0 Å². The molecule has 2 aromatic heterocycles. The highest BCUT2D eigenvalue weighted by molar-refractivity contribution is 5.92. The van der Waals surface area contributed by atoms with Gasteiger partial charge in [0.2, 0.25) is 5.88 Å². The second-order valence-corrected chi connectivity index (χ2v) is 5.65. The Hall–Kier alpha value is -3.09. The molecule has 130 valence electrons. The number of aryl methyl sites for hydroxylation is 1. The molecule has 0 fully saturated rings. The van der Waals surface area contributed by atoms with Crippen molar-refractivity contribution < 1.29 is 9.53 Å². The van der Waals surface area contributed by atoms with E-state index in [9.17, 15) is 4.79 Å². The molecule has 0 aliphatic rings. The highest BCUT2D eigenvalue weighted by Crippen LogP contribution is 2.26. The second-order valence-electron chi connectivity index (χ2n) is 5.65. The van der Waals surface area contributed by atoms with Gasteiger partial charge in [-0.05, 0) is 25.5 Å². The van der Waals surface area contributed by atoms with Gasteiger partial charge in [-0.15, -0.1) is 0 Å². The third-order valence-electron chi connectivity index (χ3n) is 3.97. The molecule has 0 aliphatic heterocycles. The lowest BCUT2D eigenvalue weighted by Gasteiger charge is -2.15. The van der Waals surface area contributed by atoms with Crippen LogP contribution in [0.15, 0.2) is 42.6 Å². The van der Waals surface area contributed by atoms with Crippen LogP contribution in [-0.4, -0.2) is 27.9 Å². The van der Waals surface area contributed by atoms with Gasteiger partial charge in [0.1, 0.15) is 11.3 Å². The number of methoxy groups -OCH3 is 1. The smallest absolute Gasteiger partial charge is 0.320 e. The topological polar surface area (TPSA) is 81.1 Å². The van der Waals surface area contributed by atoms with E-state index in [1.54, 1.807) is 19.4 Å². The maximum absolute atomic E-state index is 12.3. The highest BCUT2D eigenvalue weighted by Gasteiger charge is 2.14. The number of hydrogen-bond donors (Lipinski definition) is 2. The number of urea groups is 1. The number of pyridine rings is 1. The van der Waals surface area contributed by atoms with Crippen LogP contribution >= 0.6 is 0 Å². The summed E-state index contributed by atoms with van der Waals surface area (Å²) in [6, 6.07) is 11.1. The zero-order chi connectivity index (χ0) is 17.8. The number of rotatable bonds is 5. The van der Waals surface area contributed by atoms with E-state index in [1.807, 2.05) is 48.9 Å². The van der Waals surface area contributed by atoms with Crippen LogP contribution < -0.4 is 15.4 Å². The van der Waals surface area contributed by atoms with E-state index in [2.05, 4.69) is 20.7 Å². The molecule has 2 amide bonds. The molecule has 3 rings (SSSR count). The first-order valence-electron chi connectivity index (χ1n) is 8.15. The Bertz CT molecular complexity index is 876. The fourth-order valence-electron chi connectivity index (χ4n) is 2.70. The average molecular weight is 339 g/mol. The van der Waals surface area contributed by atoms with Gasteiger partial charge in [0, 0.05) is 11.9 Å². The summed E-state index contributed by atoms with van der Waals surface area (Å²) in [7, 11) is 1.55. The molecule has 7 nitrogen and oxygen atoms in total. The summed E-state index contributed by atoms with van der Waals surface area (Å²) in [6.45, 7) is 4.64. The molecule has 2 heterocycles. The van der Waals surface area contributed by atoms with Crippen LogP contribution in [0.3, 0.4) is 0 Å². The van der Waals surface area contributed by atoms with E-state index >= 15 is 0 Å². The van der Waals surface area contributed by atoms with Gasteiger partial charge >= 0.3 is 6.03 Å². The van der Waals surface area contributed by atoms with Gasteiger partial charge in [-0.1, -0.05) is 30.3 Å². The maximum atomic E-state index is 12.3. The Labute approximate surface area is 146 Å². The van der Waals surface area contributed by atoms with E-state index in [4.69, 9.17) is 4.74 Å². The van der Waals surface area contributed by atoms with Gasteiger partial charge in [-0.2, -0.15) is 10.1 Å². The molecule has 0 spiro atoms. The molecule has 0 saturated carbocycles. The zero-order valence-electron chi connectivity index (χ0n) is 14.5. The molecule has 2 N–H and O–H groups in total. The minimum absolute atomic E-state index is 0.116. The summed E-state index contributed by atoms with van der Waals surface area (Å²) in [6.07, 6.45) is 1.73. The number of hydrogen-bond acceptors (Lipinski definition) is 4. The summed E-state index contributed by atoms with van der Waals surface area (Å²) in [5.74, 6) is 0.848. The Kier molecular flexibility index (Phi) is 4.83. The molecule has 1 atom stereocenters. The second kappa shape index (κ2) is 7.21. The third kappa shape index (κ3) is 3.55. The number of nitrogens with one attached hydrogen (secondary N) is 2. The summed E-state index contributed by atoms with van der Waals surface area (Å²) in [4.78, 5) is 16.6. The van der Waals surface area contributed by atoms with Crippen molar-refractivity contribution in [1.82, 2.24) is 20.1 Å². The molecule has 1 aromatic carbocycles. The lowest BCUT2D eigenvalue weighted by atomic mass is 10.1. The summed E-state index contributed by atoms with van der Waals surface area (Å²) in [5, 5.41) is 10.8. The average Bonchev–Trinajstić information content (AvgIpc) is 3.04. The van der Waals surface area contributed by atoms with Gasteiger partial charge in [0.25, 0.3) is 0 Å². The maximum Gasteiger partial charge on any atom is 0.320 e. The van der Waals surface area contributed by atoms with Crippen LogP contribution in [0.2, 0.25) is 0 Å². The van der Waals surface area contributed by atoms with Gasteiger partial charge in [-0.3, -0.25) is 10.00 Å². The van der Waals surface area contributed by atoms with E-state index < -0.39 is 0 Å². The van der Waals surface area contributed by atoms with Crippen LogP contribution in [-0.2, 0) is 6.54 Å². The summed E-state index contributed by atoms with van der Waals surface area (Å²) in [5.41, 5.74) is 1.84. The first-order valence-corrected chi connectivity index (χ1v) is 8.15. The van der Waals surface area contributed by atoms with Crippen molar-refractivity contribution in [3.05, 3.63) is 48.2 Å². The molecule has 0 radical (unpaired) electrons. The highest BCUT2D eigenvalue weighted by atomic mass is 16.5. The van der Waals surface area contributed by atoms with Gasteiger partial charge < -0.3 is 10.1 Å². The van der Waals surface area contributed by atoms with Crippen molar-refractivity contribution in [2.24, 2.45) is 0 Å². The van der Waals surface area contributed by atoms with Crippen LogP contribution in [0.1, 0.15) is 25.5 Å². The number of fused-ring (bicyclic) bond motifs is 1. The molecular formula is C18H21N5O2. The molecule has 7 heteroatoms. The molecule has 0 saturated heterocycles. The molecule has 0 aliphatic carbocycles. The lowest BCUT2D eigenvalue weighted by Crippen LogP contribution is -2.31. The van der Waals surface area contributed by atoms with Crippen LogP contribution in [0.4, 0.5) is 10.6 Å². The Morgan fingerprint density at radius 1 is 1.32 bits per heavy atom. The Morgan fingerprint density at radius 2 is 2.08 bits per heavy atom. The van der Waals surface area contributed by atoms with Crippen LogP contribution in [0.5, 0.6) is 5.88 Å². The summed E-state index contributed by atoms with van der Waals surface area (Å²) < 4.78 is 7.17. The fraction of sp³-hybridized carbons (Fsp3) is 0.278. The molecule has 0 bridgehead atoms. The van der Waals surface area contributed by atoms with E-state index in [1.165, 1.54) is 0 Å². The van der Waals surface area contributed by atoms with Gasteiger partial charge in [0.05, 0.1) is 19.3 Å². The molecule has 0 unspecified atom stereocenters. The van der Waals surface area contributed by atoms with Gasteiger partial charge in [-0.25, -0.2) is 4.79 Å². The van der Waals surface area contributed by atoms with Crippen LogP contribution in [0.25, 0.3) is 10.9 Å². The van der Waals surface area contributed by atoms with E-state index in [0.717, 1.165) is 16.5 Å². The Balaban J connectivity index is 1.77. The van der Waals surface area contributed by atoms with Crippen molar-refractivity contribution in [2.75, 3.05) is 12.4 Å². The lowest BCUT2D eigenvalue weighted by molar-refractivity contribution is 0.249. The van der Waals surface area contributed by atoms with Crippen molar-refractivity contribution in [3.8, 4) is 5.88 Å². The van der Waals surface area contributed by atoms with Crippen molar-refractivity contribution >= 4 is 22.8 Å². The van der Waals surface area contributed by atoms with E-state index in [-0.39, 0.29) is 12.1 Å². The van der Waals surface area contributed by atoms with E-state index in [0.29, 0.717) is 18.2 Å². The van der Waals surface area contributed by atoms with Crippen LogP contribution in [0, 0.1) is 0 Å². The van der Waals surface area contributed by atoms with Gasteiger partial charge in [0.15, 0.2) is 0 Å². The fourth-order valence-corrected chi connectivity index (χ4v) is 2.70. The Morgan fingerprint density at radius 3 is 2.76 bits per heavy atom. The largest absolute Gasteiger partial charge is 0.479 e. The van der Waals surface area contributed by atoms with Crippen molar-refractivity contribution in [3.63, 3.8) is 0 Å². The minimum atomic E-state index is -0.326. The quantitative estimate of drug-likeness (QED) is 0.747. The minimum Gasteiger partial charge on any atom is -0.479 e. The third-order valence-corrected chi connectivity index (χ3v) is 3.97. The monoisotopic (exact) mass is 339 g/mol. The SMILES string of the molecule is CCn1ncc2cc(NC(=O)N[C@H](C)c3ccccc3)nc(OC)c21. The first-order chi connectivity index (χ1) is 12.1. The number of carbonyl (C=O) groups excluding carboxylic acids is 1. The first kappa shape index (κ1) is 16.8. The molecule has 3 aromatic rings. The number of amides is 2. The van der Waals surface area contributed by atoms with Crippen molar-refractivity contribution in [2.45, 2.75) is 26.4 Å². The number of nitrogens with zero attached hydrogens (tertiary/aromatic N) is 3. The molecular weight excluding hydrogens is 318 g/mol. The zero-order valence-corrected chi connectivity index (χ0v) is 14.5. The summed E-state index contributed by atoms with van der Waals surface area (Å²) >= 11 is 0. The number of carbonyl (C=O) groups is 1. The number of ether oxygens (including phenoxy) is 1. The standard InChI is InChI=1S/C18H21N5O2/c1-4-23-16-14(11-19-23)10-15(21-17(16)25-3)22-18(24)20-12(2)13-8-6-5-7-9-13/h5-12H,4H2,1-3H3,(H2,20,21,22,24)/t12-/m1/s1.